The van der Waals surface area contributed by atoms with E-state index in [4.69, 9.17) is 0 Å². The summed E-state index contributed by atoms with van der Waals surface area (Å²) in [5, 5.41) is 0. The van der Waals surface area contributed by atoms with Gasteiger partial charge in [-0.2, -0.15) is 0 Å². The molecule has 4 unspecified atom stereocenters. The van der Waals surface area contributed by atoms with E-state index in [-0.39, 0.29) is 35.5 Å². The van der Waals surface area contributed by atoms with Crippen LogP contribution >= 0.6 is 0 Å². The van der Waals surface area contributed by atoms with Gasteiger partial charge in [-0.25, -0.2) is 0 Å². The van der Waals surface area contributed by atoms with Crippen molar-refractivity contribution in [3.05, 3.63) is 42.5 Å². The van der Waals surface area contributed by atoms with Crippen molar-refractivity contribution in [1.82, 2.24) is 0 Å². The van der Waals surface area contributed by atoms with Crippen molar-refractivity contribution in [2.75, 3.05) is 4.90 Å². The Morgan fingerprint density at radius 3 is 1.84 bits per heavy atom. The molecule has 19 heavy (non-hydrogen) atoms. The Hall–Kier alpha value is -1.90. The Balaban J connectivity index is 1.78. The maximum absolute atomic E-state index is 12.6. The fourth-order valence-corrected chi connectivity index (χ4v) is 3.91. The molecule has 3 aliphatic carbocycles. The third-order valence-electron chi connectivity index (χ3n) is 4.77. The molecule has 4 aliphatic rings. The number of para-hydroxylation sites is 1. The van der Waals surface area contributed by atoms with Crippen molar-refractivity contribution in [1.29, 1.82) is 0 Å². The fourth-order valence-electron chi connectivity index (χ4n) is 3.91. The number of hydrogen-bond acceptors (Lipinski definition) is 2. The van der Waals surface area contributed by atoms with Crippen molar-refractivity contribution >= 4 is 17.5 Å². The second-order valence-corrected chi connectivity index (χ2v) is 5.69. The summed E-state index contributed by atoms with van der Waals surface area (Å²) in [5.41, 5.74) is 0.714. The summed E-state index contributed by atoms with van der Waals surface area (Å²) < 4.78 is 0. The van der Waals surface area contributed by atoms with Crippen LogP contribution < -0.4 is 4.90 Å². The number of fused-ring (bicyclic) bond motifs is 1. The van der Waals surface area contributed by atoms with Crippen LogP contribution in [-0.2, 0) is 9.59 Å². The lowest BCUT2D eigenvalue weighted by Crippen LogP contribution is -2.38. The molecule has 0 radical (unpaired) electrons. The van der Waals surface area contributed by atoms with Gasteiger partial charge in [0, 0.05) is 0 Å². The van der Waals surface area contributed by atoms with E-state index in [1.54, 1.807) is 0 Å². The highest BCUT2D eigenvalue weighted by atomic mass is 16.2. The molecule has 3 nitrogen and oxygen atoms in total. The number of benzene rings is 1. The summed E-state index contributed by atoms with van der Waals surface area (Å²) in [6.45, 7) is 0. The highest BCUT2D eigenvalue weighted by Crippen LogP contribution is 2.50. The molecule has 1 aliphatic heterocycles. The predicted molar refractivity (Wildman–Crippen MR) is 71.3 cm³/mol. The van der Waals surface area contributed by atoms with Gasteiger partial charge in [0.15, 0.2) is 0 Å². The molecule has 1 aromatic carbocycles. The van der Waals surface area contributed by atoms with Gasteiger partial charge in [-0.1, -0.05) is 30.4 Å². The van der Waals surface area contributed by atoms with Crippen LogP contribution in [0.3, 0.4) is 0 Å². The van der Waals surface area contributed by atoms with Gasteiger partial charge in [0.05, 0.1) is 17.5 Å². The van der Waals surface area contributed by atoms with Crippen molar-refractivity contribution < 1.29 is 9.59 Å². The van der Waals surface area contributed by atoms with Crippen LogP contribution in [0.5, 0.6) is 0 Å². The Morgan fingerprint density at radius 1 is 0.842 bits per heavy atom. The van der Waals surface area contributed by atoms with Gasteiger partial charge < -0.3 is 0 Å². The Morgan fingerprint density at radius 2 is 1.37 bits per heavy atom. The Labute approximate surface area is 111 Å². The SMILES string of the molecule is O=C1C2C3C=CC(CC3)C2C(=O)N1c1ccccc1. The summed E-state index contributed by atoms with van der Waals surface area (Å²) in [7, 11) is 0. The minimum Gasteiger partial charge on any atom is -0.274 e. The second kappa shape index (κ2) is 3.80. The van der Waals surface area contributed by atoms with Crippen molar-refractivity contribution in [2.45, 2.75) is 12.8 Å². The van der Waals surface area contributed by atoms with E-state index in [0.29, 0.717) is 5.69 Å². The van der Waals surface area contributed by atoms with E-state index in [2.05, 4.69) is 12.2 Å². The molecule has 1 heterocycles. The molecular formula is C16H15NO2. The number of nitrogens with zero attached hydrogens (tertiary/aromatic N) is 1. The first kappa shape index (κ1) is 11.0. The quantitative estimate of drug-likeness (QED) is 0.569. The highest BCUT2D eigenvalue weighted by molar-refractivity contribution is 6.22. The van der Waals surface area contributed by atoms with Gasteiger partial charge in [-0.05, 0) is 36.8 Å². The smallest absolute Gasteiger partial charge is 0.238 e. The zero-order valence-electron chi connectivity index (χ0n) is 10.5. The largest absolute Gasteiger partial charge is 0.274 e. The topological polar surface area (TPSA) is 37.4 Å². The number of imide groups is 1. The molecule has 3 heteroatoms. The van der Waals surface area contributed by atoms with Crippen LogP contribution in [0.1, 0.15) is 12.8 Å². The van der Waals surface area contributed by atoms with Gasteiger partial charge in [0.2, 0.25) is 11.8 Å². The average Bonchev–Trinajstić information content (AvgIpc) is 2.75. The molecule has 0 N–H and O–H groups in total. The van der Waals surface area contributed by atoms with E-state index >= 15 is 0 Å². The molecule has 4 atom stereocenters. The standard InChI is InChI=1S/C16H15NO2/c18-15-13-10-6-7-11(9-8-10)14(13)16(19)17(15)12-4-2-1-3-5-12/h1-7,10-11,13-14H,8-9H2. The third-order valence-corrected chi connectivity index (χ3v) is 4.77. The van der Waals surface area contributed by atoms with E-state index in [0.717, 1.165) is 12.8 Å². The average molecular weight is 253 g/mol. The lowest BCUT2D eigenvalue weighted by molar-refractivity contribution is -0.124. The molecule has 2 amide bonds. The molecule has 5 rings (SSSR count). The molecule has 96 valence electrons. The van der Waals surface area contributed by atoms with Crippen molar-refractivity contribution in [3.63, 3.8) is 0 Å². The number of rotatable bonds is 1. The fraction of sp³-hybridized carbons (Fsp3) is 0.375. The van der Waals surface area contributed by atoms with Crippen molar-refractivity contribution in [3.8, 4) is 0 Å². The Kier molecular flexibility index (Phi) is 2.19. The number of amides is 2. The third kappa shape index (κ3) is 1.38. The van der Waals surface area contributed by atoms with E-state index < -0.39 is 0 Å². The number of hydrogen-bond donors (Lipinski definition) is 0. The van der Waals surface area contributed by atoms with Gasteiger partial charge in [0.1, 0.15) is 0 Å². The first-order valence-corrected chi connectivity index (χ1v) is 6.88. The molecule has 1 aromatic rings. The summed E-state index contributed by atoms with van der Waals surface area (Å²) in [5.74, 6) is 0.300. The number of carbonyl (C=O) groups excluding carboxylic acids is 2. The van der Waals surface area contributed by atoms with E-state index in [9.17, 15) is 9.59 Å². The summed E-state index contributed by atoms with van der Waals surface area (Å²) >= 11 is 0. The maximum Gasteiger partial charge on any atom is 0.238 e. The molecule has 0 aromatic heterocycles. The monoisotopic (exact) mass is 253 g/mol. The molecule has 2 fully saturated rings. The second-order valence-electron chi connectivity index (χ2n) is 5.69. The molecule has 1 saturated heterocycles. The van der Waals surface area contributed by atoms with Crippen LogP contribution in [0.2, 0.25) is 0 Å². The van der Waals surface area contributed by atoms with Crippen LogP contribution in [0, 0.1) is 23.7 Å². The first-order valence-electron chi connectivity index (χ1n) is 6.88. The highest BCUT2D eigenvalue weighted by Gasteiger charge is 2.56. The lowest BCUT2D eigenvalue weighted by Gasteiger charge is -2.38. The zero-order chi connectivity index (χ0) is 13.0. The molecule has 1 saturated carbocycles. The van der Waals surface area contributed by atoms with Gasteiger partial charge >= 0.3 is 0 Å². The van der Waals surface area contributed by atoms with Crippen LogP contribution in [-0.4, -0.2) is 11.8 Å². The van der Waals surface area contributed by atoms with Crippen LogP contribution in [0.4, 0.5) is 5.69 Å². The normalized spacial score (nSPS) is 35.9. The summed E-state index contributed by atoms with van der Waals surface area (Å²) in [6, 6.07) is 9.30. The van der Waals surface area contributed by atoms with Crippen molar-refractivity contribution in [2.24, 2.45) is 23.7 Å². The van der Waals surface area contributed by atoms with E-state index in [1.807, 2.05) is 30.3 Å². The first-order chi connectivity index (χ1) is 9.27. The summed E-state index contributed by atoms with van der Waals surface area (Å²) in [6.07, 6.45) is 6.39. The Bertz CT molecular complexity index is 546. The summed E-state index contributed by atoms with van der Waals surface area (Å²) in [4.78, 5) is 26.6. The van der Waals surface area contributed by atoms with Gasteiger partial charge in [-0.3, -0.25) is 14.5 Å². The number of anilines is 1. The van der Waals surface area contributed by atoms with E-state index in [1.165, 1.54) is 4.90 Å². The number of carbonyl (C=O) groups is 2. The lowest BCUT2D eigenvalue weighted by atomic mass is 9.63. The predicted octanol–water partition coefficient (Wildman–Crippen LogP) is 2.39. The number of allylic oxidation sites excluding steroid dienone is 2. The zero-order valence-corrected chi connectivity index (χ0v) is 10.5. The van der Waals surface area contributed by atoms with Gasteiger partial charge in [0.25, 0.3) is 0 Å². The molecular weight excluding hydrogens is 238 g/mol. The molecule has 0 spiro atoms. The maximum atomic E-state index is 12.6. The minimum atomic E-state index is -0.114. The minimum absolute atomic E-state index is 0.000231. The van der Waals surface area contributed by atoms with Gasteiger partial charge in [-0.15, -0.1) is 0 Å². The van der Waals surface area contributed by atoms with Crippen LogP contribution in [0.25, 0.3) is 0 Å². The molecule has 2 bridgehead atoms. The van der Waals surface area contributed by atoms with Crippen LogP contribution in [0.15, 0.2) is 42.5 Å².